The van der Waals surface area contributed by atoms with Gasteiger partial charge >= 0.3 is 5.69 Å². The van der Waals surface area contributed by atoms with Crippen molar-refractivity contribution in [3.63, 3.8) is 0 Å². The summed E-state index contributed by atoms with van der Waals surface area (Å²) in [5.41, 5.74) is 2.99. The monoisotopic (exact) mass is 657 g/mol. The van der Waals surface area contributed by atoms with Crippen LogP contribution in [0.4, 0.5) is 11.4 Å². The van der Waals surface area contributed by atoms with E-state index in [2.05, 4.69) is 54.7 Å². The summed E-state index contributed by atoms with van der Waals surface area (Å²) in [6.45, 7) is 9.22. The van der Waals surface area contributed by atoms with Gasteiger partial charge in [0.15, 0.2) is 5.79 Å². The van der Waals surface area contributed by atoms with Crippen molar-refractivity contribution in [2.75, 3.05) is 55.7 Å². The minimum Gasteiger partial charge on any atom is -0.491 e. The first kappa shape index (κ1) is 31.9. The highest BCUT2D eigenvalue weighted by atomic mass is 16.8. The van der Waals surface area contributed by atoms with Crippen molar-refractivity contribution in [2.45, 2.75) is 57.6 Å². The van der Waals surface area contributed by atoms with Crippen LogP contribution in [0.25, 0.3) is 5.69 Å². The van der Waals surface area contributed by atoms with Crippen molar-refractivity contribution in [2.24, 2.45) is 5.92 Å². The maximum absolute atomic E-state index is 12.8. The van der Waals surface area contributed by atoms with Gasteiger partial charge in [0.1, 0.15) is 31.3 Å². The lowest BCUT2D eigenvalue weighted by Crippen LogP contribution is -2.50. The topological polar surface area (TPSA) is 134 Å². The molecule has 5 heterocycles. The molecule has 14 nitrogen and oxygen atoms in total. The van der Waals surface area contributed by atoms with Crippen LogP contribution in [0.15, 0.2) is 72.0 Å². The molecule has 4 atom stereocenters. The van der Waals surface area contributed by atoms with E-state index in [0.717, 1.165) is 61.8 Å². The first-order valence-electron chi connectivity index (χ1n) is 16.8. The number of piperazine rings is 1. The molecule has 14 heteroatoms. The smallest absolute Gasteiger partial charge is 0.350 e. The van der Waals surface area contributed by atoms with Crippen LogP contribution in [-0.2, 0) is 20.8 Å². The van der Waals surface area contributed by atoms with Crippen LogP contribution in [0, 0.1) is 5.92 Å². The Labute approximate surface area is 279 Å². The van der Waals surface area contributed by atoms with Gasteiger partial charge in [-0.3, -0.25) is 4.79 Å². The Bertz CT molecular complexity index is 1710. The number of nitrogens with zero attached hydrogens (tertiary/aromatic N) is 8. The van der Waals surface area contributed by atoms with E-state index in [-0.39, 0.29) is 29.7 Å². The van der Waals surface area contributed by atoms with Crippen LogP contribution < -0.4 is 25.5 Å². The summed E-state index contributed by atoms with van der Waals surface area (Å²) in [6, 6.07) is 16.4. The zero-order chi connectivity index (χ0) is 33.1. The molecule has 254 valence electrons. The number of hydrogen-bond acceptors (Lipinski definition) is 10. The Kier molecular flexibility index (Phi) is 9.17. The highest BCUT2D eigenvalue weighted by molar-refractivity contribution is 5.77. The van der Waals surface area contributed by atoms with Crippen molar-refractivity contribution < 1.29 is 19.0 Å². The minimum absolute atomic E-state index is 0.00220. The van der Waals surface area contributed by atoms with Gasteiger partial charge in [0, 0.05) is 56.4 Å². The zero-order valence-electron chi connectivity index (χ0n) is 27.5. The molecule has 0 spiro atoms. The van der Waals surface area contributed by atoms with E-state index in [1.807, 2.05) is 38.1 Å². The average molecular weight is 658 g/mol. The fraction of sp³-hybridized carbons (Fsp3) is 0.500. The molecule has 4 unspecified atom stereocenters. The maximum Gasteiger partial charge on any atom is 0.350 e. The molecule has 2 aromatic carbocycles. The lowest BCUT2D eigenvalue weighted by atomic mass is 9.88. The third-order valence-electron chi connectivity index (χ3n) is 9.69. The number of amides is 1. The molecule has 3 aliphatic rings. The number of rotatable bonds is 11. The summed E-state index contributed by atoms with van der Waals surface area (Å²) < 4.78 is 22.0. The first-order chi connectivity index (χ1) is 23.4. The van der Waals surface area contributed by atoms with Crippen LogP contribution in [0.2, 0.25) is 0 Å². The normalized spacial score (nSPS) is 23.7. The van der Waals surface area contributed by atoms with E-state index < -0.39 is 5.79 Å². The number of nitrogens with one attached hydrogen (secondary N) is 1. The van der Waals surface area contributed by atoms with Crippen molar-refractivity contribution >= 4 is 17.3 Å². The Morgan fingerprint density at radius 2 is 1.58 bits per heavy atom. The molecule has 2 aromatic heterocycles. The fourth-order valence-electron chi connectivity index (χ4n) is 6.73. The molecule has 1 amide bonds. The lowest BCUT2D eigenvalue weighted by Gasteiger charge is -2.37. The zero-order valence-corrected chi connectivity index (χ0v) is 27.5. The molecule has 3 aliphatic heterocycles. The summed E-state index contributed by atoms with van der Waals surface area (Å²) in [6.07, 6.45) is 6.51. The lowest BCUT2D eigenvalue weighted by molar-refractivity contribution is -0.223. The van der Waals surface area contributed by atoms with Crippen LogP contribution >= 0.6 is 0 Å². The van der Waals surface area contributed by atoms with E-state index in [9.17, 15) is 9.59 Å². The Morgan fingerprint density at radius 1 is 0.938 bits per heavy atom. The van der Waals surface area contributed by atoms with Crippen LogP contribution in [0.1, 0.15) is 39.2 Å². The highest BCUT2D eigenvalue weighted by Crippen LogP contribution is 2.38. The Hall–Kier alpha value is -4.69. The van der Waals surface area contributed by atoms with E-state index in [4.69, 9.17) is 14.2 Å². The van der Waals surface area contributed by atoms with Gasteiger partial charge in [0.2, 0.25) is 5.91 Å². The van der Waals surface area contributed by atoms with Crippen molar-refractivity contribution in [1.29, 1.82) is 0 Å². The first-order valence-corrected chi connectivity index (χ1v) is 16.8. The molecule has 3 fully saturated rings. The second-order valence-corrected chi connectivity index (χ2v) is 12.7. The Morgan fingerprint density at radius 3 is 2.23 bits per heavy atom. The molecule has 0 aliphatic carbocycles. The molecule has 1 N–H and O–H groups in total. The predicted molar refractivity (Wildman–Crippen MR) is 179 cm³/mol. The van der Waals surface area contributed by atoms with Gasteiger partial charge in [-0.05, 0) is 68.3 Å². The fourth-order valence-corrected chi connectivity index (χ4v) is 6.73. The molecule has 0 bridgehead atoms. The number of benzene rings is 2. The Balaban J connectivity index is 0.907. The number of anilines is 2. The van der Waals surface area contributed by atoms with Crippen molar-refractivity contribution in [1.82, 2.24) is 34.7 Å². The van der Waals surface area contributed by atoms with Gasteiger partial charge in [-0.1, -0.05) is 6.92 Å². The second kappa shape index (κ2) is 13.8. The standard InChI is InChI=1S/C34H43N9O5/c1-3-25(2)43-33(45)41(24-38-43)29-6-4-27(5-7-29)39-16-18-40(19-17-39)28-8-10-30(11-9-28)46-21-31-22-47-34(48-31,23-42-36-14-15-37-42)26-12-13-35-32(44)20-26/h4-11,14-15,24-26,31H,3,12-13,16-23H2,1-2H3,(H,35,44). The number of carbonyl (C=O) groups is 1. The van der Waals surface area contributed by atoms with Crippen molar-refractivity contribution in [3.05, 3.63) is 77.7 Å². The van der Waals surface area contributed by atoms with Crippen LogP contribution in [0.3, 0.4) is 0 Å². The number of hydrogen-bond donors (Lipinski definition) is 1. The quantitative estimate of drug-likeness (QED) is 0.257. The second-order valence-electron chi connectivity index (χ2n) is 12.7. The molecule has 4 aromatic rings. The van der Waals surface area contributed by atoms with Crippen LogP contribution in [0.5, 0.6) is 5.75 Å². The number of piperidine rings is 1. The van der Waals surface area contributed by atoms with Gasteiger partial charge in [0.05, 0.1) is 30.7 Å². The number of carbonyl (C=O) groups excluding carboxylic acids is 1. The SMILES string of the molecule is CCC(C)n1ncn(-c2ccc(N3CCN(c4ccc(OCC5COC(Cn6nccn6)(C6CCNC(=O)C6)O5)cc4)CC3)cc2)c1=O. The molecule has 48 heavy (non-hydrogen) atoms. The number of aromatic nitrogens is 6. The van der Waals surface area contributed by atoms with Crippen LogP contribution in [-0.4, -0.2) is 93.1 Å². The summed E-state index contributed by atoms with van der Waals surface area (Å²) in [4.78, 5) is 31.3. The molecule has 0 saturated carbocycles. The molecule has 0 radical (unpaired) electrons. The van der Waals surface area contributed by atoms with Crippen molar-refractivity contribution in [3.8, 4) is 11.4 Å². The highest BCUT2D eigenvalue weighted by Gasteiger charge is 2.50. The minimum atomic E-state index is -0.977. The third kappa shape index (κ3) is 6.67. The maximum atomic E-state index is 12.8. The van der Waals surface area contributed by atoms with E-state index in [0.29, 0.717) is 32.7 Å². The third-order valence-corrected chi connectivity index (χ3v) is 9.69. The van der Waals surface area contributed by atoms with Gasteiger partial charge in [0.25, 0.3) is 0 Å². The summed E-state index contributed by atoms with van der Waals surface area (Å²) in [7, 11) is 0. The molecular weight excluding hydrogens is 614 g/mol. The molecule has 7 rings (SSSR count). The molecular formula is C34H43N9O5. The van der Waals surface area contributed by atoms with E-state index in [1.54, 1.807) is 32.8 Å². The van der Waals surface area contributed by atoms with Gasteiger partial charge in [-0.25, -0.2) is 14.0 Å². The van der Waals surface area contributed by atoms with E-state index >= 15 is 0 Å². The van der Waals surface area contributed by atoms with E-state index in [1.165, 1.54) is 0 Å². The average Bonchev–Trinajstić information content (AvgIpc) is 3.89. The van der Waals surface area contributed by atoms with Gasteiger partial charge < -0.3 is 29.3 Å². The predicted octanol–water partition coefficient (Wildman–Crippen LogP) is 2.64. The largest absolute Gasteiger partial charge is 0.491 e. The summed E-state index contributed by atoms with van der Waals surface area (Å²) >= 11 is 0. The number of ether oxygens (including phenoxy) is 3. The summed E-state index contributed by atoms with van der Waals surface area (Å²) in [5, 5.41) is 15.7. The molecule has 3 saturated heterocycles. The summed E-state index contributed by atoms with van der Waals surface area (Å²) in [5.74, 6) is -0.311. The van der Waals surface area contributed by atoms with Gasteiger partial charge in [-0.2, -0.15) is 20.1 Å². The van der Waals surface area contributed by atoms with Gasteiger partial charge in [-0.15, -0.1) is 0 Å².